The Bertz CT molecular complexity index is 1040. The fraction of sp³-hybridized carbons (Fsp3) is 0.429. The maximum atomic E-state index is 13.2. The average molecular weight is 481 g/mol. The van der Waals surface area contributed by atoms with Crippen molar-refractivity contribution in [2.24, 2.45) is 0 Å². The van der Waals surface area contributed by atoms with Gasteiger partial charge < -0.3 is 24.4 Å². The van der Waals surface area contributed by atoms with Crippen molar-refractivity contribution >= 4 is 17.4 Å². The van der Waals surface area contributed by atoms with E-state index in [4.69, 9.17) is 9.47 Å². The maximum absolute atomic E-state index is 13.2. The number of hydrogen-bond acceptors (Lipinski definition) is 6. The van der Waals surface area contributed by atoms with Crippen LogP contribution in [0.4, 0.5) is 0 Å². The lowest BCUT2D eigenvalue weighted by Gasteiger charge is -2.28. The molecule has 2 aromatic rings. The lowest BCUT2D eigenvalue weighted by Crippen LogP contribution is -2.38. The zero-order valence-electron chi connectivity index (χ0n) is 21.1. The molecule has 1 unspecified atom stereocenters. The van der Waals surface area contributed by atoms with Crippen LogP contribution in [0, 0.1) is 0 Å². The van der Waals surface area contributed by atoms with Gasteiger partial charge >= 0.3 is 0 Å². The van der Waals surface area contributed by atoms with E-state index in [0.29, 0.717) is 31.0 Å². The molecule has 188 valence electrons. The molecule has 1 N–H and O–H groups in total. The highest BCUT2D eigenvalue weighted by atomic mass is 16.5. The highest BCUT2D eigenvalue weighted by Gasteiger charge is 2.46. The van der Waals surface area contributed by atoms with Gasteiger partial charge in [0.1, 0.15) is 17.3 Å². The number of hydrogen-bond donors (Lipinski definition) is 1. The molecule has 1 atom stereocenters. The minimum atomic E-state index is -0.693. The van der Waals surface area contributed by atoms with Crippen LogP contribution in [0.2, 0.25) is 0 Å². The Morgan fingerprint density at radius 3 is 2.37 bits per heavy atom. The van der Waals surface area contributed by atoms with Crippen molar-refractivity contribution < 1.29 is 24.2 Å². The monoisotopic (exact) mass is 480 g/mol. The number of methoxy groups -OCH3 is 1. The third-order valence-electron chi connectivity index (χ3n) is 6.40. The van der Waals surface area contributed by atoms with E-state index in [9.17, 15) is 14.7 Å². The summed E-state index contributed by atoms with van der Waals surface area (Å²) in [6.45, 7) is 9.57. The minimum absolute atomic E-state index is 0.0856. The van der Waals surface area contributed by atoms with Gasteiger partial charge in [0.05, 0.1) is 25.3 Å². The van der Waals surface area contributed by atoms with E-state index in [1.54, 1.807) is 29.2 Å². The van der Waals surface area contributed by atoms with Crippen molar-refractivity contribution in [1.82, 2.24) is 9.80 Å². The fourth-order valence-electron chi connectivity index (χ4n) is 4.25. The number of aliphatic hydroxyl groups excluding tert-OH is 1. The number of ketones is 1. The second kappa shape index (κ2) is 12.4. The van der Waals surface area contributed by atoms with E-state index >= 15 is 0 Å². The van der Waals surface area contributed by atoms with Crippen LogP contribution in [0.5, 0.6) is 11.5 Å². The molecule has 2 aromatic carbocycles. The van der Waals surface area contributed by atoms with Crippen LogP contribution < -0.4 is 9.47 Å². The normalized spacial score (nSPS) is 17.3. The summed E-state index contributed by atoms with van der Waals surface area (Å²) in [6, 6.07) is 13.6. The summed E-state index contributed by atoms with van der Waals surface area (Å²) in [6.07, 6.45) is 2.01. The number of ether oxygens (including phenoxy) is 2. The second-order valence-corrected chi connectivity index (χ2v) is 8.52. The van der Waals surface area contributed by atoms with Gasteiger partial charge in [0.25, 0.3) is 11.7 Å². The Balaban J connectivity index is 2.03. The molecule has 1 aliphatic rings. The first kappa shape index (κ1) is 26.3. The molecule has 1 fully saturated rings. The van der Waals surface area contributed by atoms with Gasteiger partial charge in [-0.1, -0.05) is 51.5 Å². The third-order valence-corrected chi connectivity index (χ3v) is 6.40. The zero-order chi connectivity index (χ0) is 25.4. The zero-order valence-corrected chi connectivity index (χ0v) is 21.1. The van der Waals surface area contributed by atoms with Gasteiger partial charge in [-0.2, -0.15) is 0 Å². The van der Waals surface area contributed by atoms with Crippen LogP contribution in [0.15, 0.2) is 54.1 Å². The number of carbonyl (C=O) groups is 2. The number of unbranched alkanes of at least 4 members (excludes halogenated alkanes) is 1. The number of aliphatic hydroxyl groups is 1. The fourth-order valence-corrected chi connectivity index (χ4v) is 4.25. The van der Waals surface area contributed by atoms with Gasteiger partial charge in [-0.05, 0) is 49.3 Å². The topological polar surface area (TPSA) is 79.3 Å². The largest absolute Gasteiger partial charge is 0.507 e. The Morgan fingerprint density at radius 2 is 1.74 bits per heavy atom. The second-order valence-electron chi connectivity index (χ2n) is 8.52. The van der Waals surface area contributed by atoms with Crippen molar-refractivity contribution in [1.29, 1.82) is 0 Å². The van der Waals surface area contributed by atoms with Crippen LogP contribution in [-0.4, -0.2) is 66.5 Å². The number of carbonyl (C=O) groups excluding carboxylic acids is 2. The molecular weight excluding hydrogens is 444 g/mol. The molecule has 0 bridgehead atoms. The Labute approximate surface area is 207 Å². The predicted molar refractivity (Wildman–Crippen MR) is 137 cm³/mol. The van der Waals surface area contributed by atoms with Crippen LogP contribution >= 0.6 is 0 Å². The van der Waals surface area contributed by atoms with Crippen LogP contribution in [-0.2, 0) is 9.59 Å². The number of benzene rings is 2. The molecule has 0 aromatic heterocycles. The Kier molecular flexibility index (Phi) is 9.32. The van der Waals surface area contributed by atoms with Crippen molar-refractivity contribution in [3.05, 3.63) is 65.2 Å². The summed E-state index contributed by atoms with van der Waals surface area (Å²) < 4.78 is 11.1. The molecule has 7 nitrogen and oxygen atoms in total. The smallest absolute Gasteiger partial charge is 0.295 e. The number of nitrogens with zero attached hydrogens (tertiary/aromatic N) is 2. The van der Waals surface area contributed by atoms with Gasteiger partial charge in [0.15, 0.2) is 0 Å². The van der Waals surface area contributed by atoms with E-state index < -0.39 is 17.7 Å². The summed E-state index contributed by atoms with van der Waals surface area (Å²) in [4.78, 5) is 30.1. The Hall–Kier alpha value is -3.32. The van der Waals surface area contributed by atoms with Gasteiger partial charge in [0, 0.05) is 18.7 Å². The summed E-state index contributed by atoms with van der Waals surface area (Å²) in [5, 5.41) is 11.2. The number of rotatable bonds is 12. The predicted octanol–water partition coefficient (Wildman–Crippen LogP) is 4.64. The SMILES string of the molecule is CCCCOc1ccc(C2C(=C(O)c3cccc(OC)c3)C(=O)C(=O)N2CCN(CC)CC)cc1. The van der Waals surface area contributed by atoms with E-state index in [1.807, 2.05) is 24.3 Å². The summed E-state index contributed by atoms with van der Waals surface area (Å²) >= 11 is 0. The van der Waals surface area contributed by atoms with E-state index in [-0.39, 0.29) is 11.3 Å². The molecule has 3 rings (SSSR count). The molecule has 7 heteroatoms. The van der Waals surface area contributed by atoms with Crippen molar-refractivity contribution in [2.75, 3.05) is 39.9 Å². The Morgan fingerprint density at radius 1 is 1.03 bits per heavy atom. The molecule has 1 saturated heterocycles. The molecule has 1 amide bonds. The van der Waals surface area contributed by atoms with Crippen molar-refractivity contribution in [3.8, 4) is 11.5 Å². The highest BCUT2D eigenvalue weighted by molar-refractivity contribution is 6.46. The first-order valence-corrected chi connectivity index (χ1v) is 12.3. The molecule has 0 saturated carbocycles. The quantitative estimate of drug-likeness (QED) is 0.206. The summed E-state index contributed by atoms with van der Waals surface area (Å²) in [5.41, 5.74) is 1.26. The molecule has 0 spiro atoms. The lowest BCUT2D eigenvalue weighted by molar-refractivity contribution is -0.140. The van der Waals surface area contributed by atoms with Crippen molar-refractivity contribution in [2.45, 2.75) is 39.7 Å². The average Bonchev–Trinajstić information content (AvgIpc) is 3.14. The minimum Gasteiger partial charge on any atom is -0.507 e. The lowest BCUT2D eigenvalue weighted by atomic mass is 9.95. The van der Waals surface area contributed by atoms with Gasteiger partial charge in [0.2, 0.25) is 0 Å². The summed E-state index contributed by atoms with van der Waals surface area (Å²) in [7, 11) is 1.54. The van der Waals surface area contributed by atoms with Crippen LogP contribution in [0.3, 0.4) is 0 Å². The van der Waals surface area contributed by atoms with E-state index in [1.165, 1.54) is 7.11 Å². The van der Waals surface area contributed by atoms with Gasteiger partial charge in [-0.15, -0.1) is 0 Å². The number of Topliss-reactive ketones (excluding diaryl/α,β-unsaturated/α-hetero) is 1. The molecule has 1 heterocycles. The molecule has 1 aliphatic heterocycles. The molecule has 35 heavy (non-hydrogen) atoms. The van der Waals surface area contributed by atoms with Crippen molar-refractivity contribution in [3.63, 3.8) is 0 Å². The molecule has 0 radical (unpaired) electrons. The van der Waals surface area contributed by atoms with Gasteiger partial charge in [-0.3, -0.25) is 9.59 Å². The first-order chi connectivity index (χ1) is 16.9. The number of likely N-dealkylation sites (tertiary alicyclic amines) is 1. The van der Waals surface area contributed by atoms with Crippen LogP contribution in [0.25, 0.3) is 5.76 Å². The van der Waals surface area contributed by atoms with Gasteiger partial charge in [-0.25, -0.2) is 0 Å². The standard InChI is InChI=1S/C28H36N2O5/c1-5-8-18-35-22-14-12-20(13-15-22)25-24(26(31)21-10-9-11-23(19-21)34-4)27(32)28(33)30(25)17-16-29(6-2)7-3/h9-15,19,25,31H,5-8,16-18H2,1-4H3. The highest BCUT2D eigenvalue weighted by Crippen LogP contribution is 2.40. The van der Waals surface area contributed by atoms with E-state index in [2.05, 4.69) is 25.7 Å². The van der Waals surface area contributed by atoms with Crippen LogP contribution in [0.1, 0.15) is 50.8 Å². The number of likely N-dealkylation sites (N-methyl/N-ethyl adjacent to an activating group) is 1. The van der Waals surface area contributed by atoms with E-state index in [0.717, 1.165) is 37.2 Å². The third kappa shape index (κ3) is 6.03. The molecule has 0 aliphatic carbocycles. The number of amides is 1. The maximum Gasteiger partial charge on any atom is 0.295 e. The first-order valence-electron chi connectivity index (χ1n) is 12.3. The summed E-state index contributed by atoms with van der Waals surface area (Å²) in [5.74, 6) is -0.209. The molecular formula is C28H36N2O5.